The minimum Gasteiger partial charge on any atom is -0.464 e. The molecule has 6 heteroatoms. The molecular weight excluding hydrogens is 316 g/mol. The summed E-state index contributed by atoms with van der Waals surface area (Å²) in [5.41, 5.74) is 2.57. The van der Waals surface area contributed by atoms with E-state index in [0.717, 1.165) is 22.2 Å². The number of benzene rings is 2. The third-order valence-electron chi connectivity index (χ3n) is 3.55. The molecule has 0 unspecified atom stereocenters. The normalized spacial score (nSPS) is 11.2. The van der Waals surface area contributed by atoms with Crippen molar-refractivity contribution in [2.24, 2.45) is 5.16 Å². The van der Waals surface area contributed by atoms with Gasteiger partial charge in [-0.25, -0.2) is 4.79 Å². The lowest BCUT2D eigenvalue weighted by molar-refractivity contribution is 0.0592. The molecule has 0 amide bonds. The highest BCUT2D eigenvalue weighted by atomic mass is 35.5. The van der Waals surface area contributed by atoms with Crippen molar-refractivity contribution in [1.82, 2.24) is 4.57 Å². The smallest absolute Gasteiger partial charge is 0.356 e. The van der Waals surface area contributed by atoms with E-state index in [1.165, 1.54) is 13.3 Å². The van der Waals surface area contributed by atoms with Gasteiger partial charge in [0, 0.05) is 11.1 Å². The number of carbonyl (C=O) groups excluding carboxylic acids is 1. The fraction of sp³-hybridized carbons (Fsp3) is 0.0588. The highest BCUT2D eigenvalue weighted by molar-refractivity contribution is 6.38. The van der Waals surface area contributed by atoms with Gasteiger partial charge in [-0.1, -0.05) is 47.1 Å². The molecule has 0 radical (unpaired) electrons. The Kier molecular flexibility index (Phi) is 4.04. The molecule has 0 saturated heterocycles. The van der Waals surface area contributed by atoms with Gasteiger partial charge in [-0.05, 0) is 23.8 Å². The number of fused-ring (bicyclic) bond motifs is 1. The second-order valence-electron chi connectivity index (χ2n) is 4.84. The molecule has 2 aromatic carbocycles. The van der Waals surface area contributed by atoms with E-state index in [4.69, 9.17) is 21.5 Å². The maximum Gasteiger partial charge on any atom is 0.356 e. The zero-order valence-electron chi connectivity index (χ0n) is 12.2. The largest absolute Gasteiger partial charge is 0.464 e. The first-order valence-corrected chi connectivity index (χ1v) is 7.20. The van der Waals surface area contributed by atoms with Gasteiger partial charge in [0.25, 0.3) is 0 Å². The van der Waals surface area contributed by atoms with Crippen molar-refractivity contribution in [3.05, 3.63) is 64.8 Å². The molecule has 3 aromatic rings. The van der Waals surface area contributed by atoms with E-state index in [9.17, 15) is 4.79 Å². The number of hydrogen-bond donors (Lipinski definition) is 1. The molecule has 0 fully saturated rings. The van der Waals surface area contributed by atoms with Crippen LogP contribution in [0.3, 0.4) is 0 Å². The van der Waals surface area contributed by atoms with Crippen LogP contribution in [0.25, 0.3) is 16.6 Å². The molecule has 23 heavy (non-hydrogen) atoms. The molecule has 1 heterocycles. The van der Waals surface area contributed by atoms with E-state index in [2.05, 4.69) is 5.16 Å². The topological polar surface area (TPSA) is 63.8 Å². The fourth-order valence-corrected chi connectivity index (χ4v) is 2.84. The minimum atomic E-state index is -0.507. The van der Waals surface area contributed by atoms with Gasteiger partial charge in [0.05, 0.1) is 23.9 Å². The summed E-state index contributed by atoms with van der Waals surface area (Å²) in [5.74, 6) is -0.507. The van der Waals surface area contributed by atoms with E-state index in [1.54, 1.807) is 16.7 Å². The molecule has 0 aliphatic heterocycles. The summed E-state index contributed by atoms with van der Waals surface area (Å²) in [4.78, 5) is 12.2. The van der Waals surface area contributed by atoms with Crippen LogP contribution >= 0.6 is 11.6 Å². The summed E-state index contributed by atoms with van der Waals surface area (Å²) in [6.07, 6.45) is 1.33. The lowest BCUT2D eigenvalue weighted by Crippen LogP contribution is -2.09. The average molecular weight is 329 g/mol. The molecule has 0 spiro atoms. The van der Waals surface area contributed by atoms with Crippen LogP contribution in [0.4, 0.5) is 0 Å². The molecule has 116 valence electrons. The standard InChI is InChI=1S/C17H13ClN2O3/c1-23-17(21)16-15(18)13-4-2-3-5-14(13)20(16)12-8-6-11(7-9-12)10-19-22/h2-10,22H,1H3. The minimum absolute atomic E-state index is 0.277. The molecule has 1 N–H and O–H groups in total. The quantitative estimate of drug-likeness (QED) is 0.343. The molecule has 3 rings (SSSR count). The third kappa shape index (κ3) is 2.55. The Morgan fingerprint density at radius 1 is 1.22 bits per heavy atom. The number of hydrogen-bond acceptors (Lipinski definition) is 4. The second kappa shape index (κ2) is 6.14. The van der Waals surface area contributed by atoms with E-state index >= 15 is 0 Å². The summed E-state index contributed by atoms with van der Waals surface area (Å²) < 4.78 is 6.63. The first kappa shape index (κ1) is 15.1. The van der Waals surface area contributed by atoms with Crippen LogP contribution in [0, 0.1) is 0 Å². The van der Waals surface area contributed by atoms with Gasteiger partial charge in [0.2, 0.25) is 0 Å². The Bertz CT molecular complexity index is 898. The number of para-hydroxylation sites is 1. The molecule has 0 aliphatic carbocycles. The number of halogens is 1. The monoisotopic (exact) mass is 328 g/mol. The van der Waals surface area contributed by atoms with Crippen LogP contribution in [-0.4, -0.2) is 29.1 Å². The van der Waals surface area contributed by atoms with Gasteiger partial charge < -0.3 is 14.5 Å². The van der Waals surface area contributed by atoms with Gasteiger partial charge in [0.1, 0.15) is 0 Å². The van der Waals surface area contributed by atoms with Crippen LogP contribution < -0.4 is 0 Å². The third-order valence-corrected chi connectivity index (χ3v) is 3.93. The molecule has 0 atom stereocenters. The van der Waals surface area contributed by atoms with Gasteiger partial charge in [-0.15, -0.1) is 0 Å². The Balaban J connectivity index is 2.28. The maximum absolute atomic E-state index is 12.2. The first-order chi connectivity index (χ1) is 11.2. The number of methoxy groups -OCH3 is 1. The number of carbonyl (C=O) groups is 1. The van der Waals surface area contributed by atoms with Crippen LogP contribution in [0.1, 0.15) is 16.1 Å². The van der Waals surface area contributed by atoms with Gasteiger partial charge in [-0.3, -0.25) is 0 Å². The van der Waals surface area contributed by atoms with Crippen molar-refractivity contribution in [1.29, 1.82) is 0 Å². The van der Waals surface area contributed by atoms with Crippen LogP contribution in [0.15, 0.2) is 53.7 Å². The van der Waals surface area contributed by atoms with Crippen LogP contribution in [0.2, 0.25) is 5.02 Å². The van der Waals surface area contributed by atoms with Gasteiger partial charge in [0.15, 0.2) is 5.69 Å². The molecular formula is C17H13ClN2O3. The second-order valence-corrected chi connectivity index (χ2v) is 5.22. The summed E-state index contributed by atoms with van der Waals surface area (Å²) in [6.45, 7) is 0. The van der Waals surface area contributed by atoms with Crippen LogP contribution in [-0.2, 0) is 4.74 Å². The molecule has 1 aromatic heterocycles. The van der Waals surface area contributed by atoms with Crippen molar-refractivity contribution >= 4 is 34.7 Å². The van der Waals surface area contributed by atoms with E-state index in [0.29, 0.717) is 5.02 Å². The van der Waals surface area contributed by atoms with Crippen molar-refractivity contribution in [3.63, 3.8) is 0 Å². The van der Waals surface area contributed by atoms with E-state index < -0.39 is 5.97 Å². The van der Waals surface area contributed by atoms with Crippen molar-refractivity contribution < 1.29 is 14.7 Å². The number of oxime groups is 1. The zero-order valence-corrected chi connectivity index (χ0v) is 13.0. The highest BCUT2D eigenvalue weighted by Crippen LogP contribution is 2.33. The number of nitrogens with zero attached hydrogens (tertiary/aromatic N) is 2. The Morgan fingerprint density at radius 2 is 1.91 bits per heavy atom. The first-order valence-electron chi connectivity index (χ1n) is 6.82. The Labute approximate surface area is 137 Å². The Hall–Kier alpha value is -2.79. The summed E-state index contributed by atoms with van der Waals surface area (Å²) in [7, 11) is 1.32. The summed E-state index contributed by atoms with van der Waals surface area (Å²) in [5, 5.41) is 12.7. The van der Waals surface area contributed by atoms with Gasteiger partial charge >= 0.3 is 5.97 Å². The number of esters is 1. The summed E-state index contributed by atoms with van der Waals surface area (Å²) in [6, 6.07) is 14.7. The van der Waals surface area contributed by atoms with E-state index in [-0.39, 0.29) is 5.69 Å². The summed E-state index contributed by atoms with van der Waals surface area (Å²) >= 11 is 6.39. The van der Waals surface area contributed by atoms with Crippen molar-refractivity contribution in [2.75, 3.05) is 7.11 Å². The molecule has 0 bridgehead atoms. The highest BCUT2D eigenvalue weighted by Gasteiger charge is 2.23. The lowest BCUT2D eigenvalue weighted by atomic mass is 10.2. The number of aromatic nitrogens is 1. The molecule has 0 saturated carbocycles. The molecule has 5 nitrogen and oxygen atoms in total. The fourth-order valence-electron chi connectivity index (χ4n) is 2.52. The predicted octanol–water partition coefficient (Wildman–Crippen LogP) is 3.88. The molecule has 0 aliphatic rings. The average Bonchev–Trinajstić information content (AvgIpc) is 2.88. The lowest BCUT2D eigenvalue weighted by Gasteiger charge is -2.10. The SMILES string of the molecule is COC(=O)c1c(Cl)c2ccccc2n1-c1ccc(C=NO)cc1. The zero-order chi connectivity index (χ0) is 16.4. The predicted molar refractivity (Wildman–Crippen MR) is 89.0 cm³/mol. The van der Waals surface area contributed by atoms with Crippen molar-refractivity contribution in [2.45, 2.75) is 0 Å². The van der Waals surface area contributed by atoms with Crippen LogP contribution in [0.5, 0.6) is 0 Å². The maximum atomic E-state index is 12.2. The van der Waals surface area contributed by atoms with Crippen molar-refractivity contribution in [3.8, 4) is 5.69 Å². The number of rotatable bonds is 3. The van der Waals surface area contributed by atoms with E-state index in [1.807, 2.05) is 36.4 Å². The number of ether oxygens (including phenoxy) is 1. The Morgan fingerprint density at radius 3 is 2.57 bits per heavy atom. The van der Waals surface area contributed by atoms with Gasteiger partial charge in [-0.2, -0.15) is 0 Å².